The summed E-state index contributed by atoms with van der Waals surface area (Å²) in [5, 5.41) is 0. The standard InChI is InChI=1S/C25H38O4/c1-6-25(29-17(3)27)14-11-22-20-8-7-18-15-19(28-16(2)26)9-12-23(18,4)21(20)10-13-24(22,25)5/h6,18-22H,1,7-15H2,2-5H3/t18-,19+,20+,21+,22+,23-,24-,25-/m0/s1. The van der Waals surface area contributed by atoms with Gasteiger partial charge in [-0.2, -0.15) is 0 Å². The molecule has 0 amide bonds. The van der Waals surface area contributed by atoms with Gasteiger partial charge in [-0.25, -0.2) is 0 Å². The Hall–Kier alpha value is -1.32. The third-order valence-corrected chi connectivity index (χ3v) is 9.79. The number of rotatable bonds is 3. The van der Waals surface area contributed by atoms with Gasteiger partial charge in [-0.15, -0.1) is 0 Å². The molecule has 0 N–H and O–H groups in total. The molecular formula is C25H38O4. The molecule has 0 aromatic carbocycles. The zero-order valence-electron chi connectivity index (χ0n) is 18.7. The fourth-order valence-electron chi connectivity index (χ4n) is 8.40. The Morgan fingerprint density at radius 3 is 2.31 bits per heavy atom. The maximum absolute atomic E-state index is 11.9. The van der Waals surface area contributed by atoms with Gasteiger partial charge in [0.15, 0.2) is 0 Å². The SMILES string of the molecule is C=C[C@]1(OC(C)=O)CC[C@@H]2[C@@H]3CC[C@H]4C[C@H](OC(C)=O)CC[C@]4(C)[C@@H]3CC[C@@]21C. The van der Waals surface area contributed by atoms with Crippen molar-refractivity contribution in [2.75, 3.05) is 0 Å². The highest BCUT2D eigenvalue weighted by molar-refractivity contribution is 5.67. The molecule has 4 fully saturated rings. The number of ether oxygens (including phenoxy) is 2. The summed E-state index contributed by atoms with van der Waals surface area (Å²) in [5.41, 5.74) is -0.152. The van der Waals surface area contributed by atoms with Crippen LogP contribution < -0.4 is 0 Å². The first-order chi connectivity index (χ1) is 13.6. The van der Waals surface area contributed by atoms with E-state index in [0.717, 1.165) is 44.4 Å². The minimum Gasteiger partial charge on any atom is -0.463 e. The van der Waals surface area contributed by atoms with Gasteiger partial charge in [0.2, 0.25) is 0 Å². The largest absolute Gasteiger partial charge is 0.463 e. The summed E-state index contributed by atoms with van der Waals surface area (Å²) >= 11 is 0. The van der Waals surface area contributed by atoms with Crippen LogP contribution in [0.1, 0.15) is 85.5 Å². The van der Waals surface area contributed by atoms with E-state index in [1.54, 1.807) is 0 Å². The second-order valence-corrected chi connectivity index (χ2v) is 10.8. The van der Waals surface area contributed by atoms with Gasteiger partial charge in [-0.05, 0) is 93.0 Å². The molecule has 0 bridgehead atoms. The first kappa shape index (κ1) is 20.9. The van der Waals surface area contributed by atoms with Gasteiger partial charge in [0.25, 0.3) is 0 Å². The van der Waals surface area contributed by atoms with Crippen molar-refractivity contribution >= 4 is 11.9 Å². The number of esters is 2. The molecule has 4 nitrogen and oxygen atoms in total. The van der Waals surface area contributed by atoms with Crippen LogP contribution in [0.5, 0.6) is 0 Å². The lowest BCUT2D eigenvalue weighted by Gasteiger charge is -2.61. The maximum Gasteiger partial charge on any atom is 0.303 e. The van der Waals surface area contributed by atoms with Crippen LogP contribution in [-0.4, -0.2) is 23.6 Å². The fraction of sp³-hybridized carbons (Fsp3) is 0.840. The van der Waals surface area contributed by atoms with Crippen LogP contribution in [0.3, 0.4) is 0 Å². The maximum atomic E-state index is 11.9. The van der Waals surface area contributed by atoms with Gasteiger partial charge < -0.3 is 9.47 Å². The predicted molar refractivity (Wildman–Crippen MR) is 112 cm³/mol. The number of fused-ring (bicyclic) bond motifs is 5. The highest BCUT2D eigenvalue weighted by Crippen LogP contribution is 2.69. The second kappa shape index (κ2) is 7.13. The Balaban J connectivity index is 1.56. The van der Waals surface area contributed by atoms with Crippen LogP contribution in [0.4, 0.5) is 0 Å². The van der Waals surface area contributed by atoms with Gasteiger partial charge in [0, 0.05) is 19.3 Å². The van der Waals surface area contributed by atoms with Crippen molar-refractivity contribution in [3.63, 3.8) is 0 Å². The van der Waals surface area contributed by atoms with E-state index in [9.17, 15) is 9.59 Å². The fourth-order valence-corrected chi connectivity index (χ4v) is 8.40. The summed E-state index contributed by atoms with van der Waals surface area (Å²) in [6.45, 7) is 12.0. The Bertz CT molecular complexity index is 701. The normalized spacial score (nSPS) is 48.6. The van der Waals surface area contributed by atoms with Gasteiger partial charge in [-0.3, -0.25) is 9.59 Å². The zero-order valence-corrected chi connectivity index (χ0v) is 18.7. The van der Waals surface area contributed by atoms with Crippen LogP contribution in [0.25, 0.3) is 0 Å². The highest BCUT2D eigenvalue weighted by atomic mass is 16.6. The molecule has 8 atom stereocenters. The highest BCUT2D eigenvalue weighted by Gasteiger charge is 2.65. The summed E-state index contributed by atoms with van der Waals surface area (Å²) in [5.74, 6) is 2.37. The van der Waals surface area contributed by atoms with Crippen LogP contribution in [0, 0.1) is 34.5 Å². The monoisotopic (exact) mass is 402 g/mol. The molecule has 4 aliphatic carbocycles. The predicted octanol–water partition coefficient (Wildman–Crippen LogP) is 5.45. The number of carbonyl (C=O) groups excluding carboxylic acids is 2. The summed E-state index contributed by atoms with van der Waals surface area (Å²) in [7, 11) is 0. The average molecular weight is 403 g/mol. The molecule has 0 aromatic rings. The second-order valence-electron chi connectivity index (χ2n) is 10.8. The molecule has 4 saturated carbocycles. The smallest absolute Gasteiger partial charge is 0.303 e. The molecule has 162 valence electrons. The lowest BCUT2D eigenvalue weighted by Crippen LogP contribution is -2.57. The molecule has 4 heteroatoms. The van der Waals surface area contributed by atoms with Crippen LogP contribution in [-0.2, 0) is 19.1 Å². The van der Waals surface area contributed by atoms with Crippen molar-refractivity contribution < 1.29 is 19.1 Å². The molecule has 0 saturated heterocycles. The molecule has 0 radical (unpaired) electrons. The Labute approximate surface area is 175 Å². The summed E-state index contributed by atoms with van der Waals surface area (Å²) in [6, 6.07) is 0. The Morgan fingerprint density at radius 2 is 1.66 bits per heavy atom. The molecule has 4 rings (SSSR count). The van der Waals surface area contributed by atoms with Gasteiger partial charge in [0.1, 0.15) is 11.7 Å². The average Bonchev–Trinajstić information content (AvgIpc) is 2.94. The van der Waals surface area contributed by atoms with Crippen LogP contribution >= 0.6 is 0 Å². The Kier molecular flexibility index (Phi) is 5.15. The molecule has 0 aliphatic heterocycles. The molecular weight excluding hydrogens is 364 g/mol. The molecule has 0 spiro atoms. The van der Waals surface area contributed by atoms with E-state index >= 15 is 0 Å². The van der Waals surface area contributed by atoms with Crippen molar-refractivity contribution in [3.05, 3.63) is 12.7 Å². The van der Waals surface area contributed by atoms with E-state index in [2.05, 4.69) is 20.4 Å². The minimum absolute atomic E-state index is 0.000271. The number of hydrogen-bond acceptors (Lipinski definition) is 4. The zero-order chi connectivity index (χ0) is 21.0. The summed E-state index contributed by atoms with van der Waals surface area (Å²) in [6.07, 6.45) is 12.1. The first-order valence-corrected chi connectivity index (χ1v) is 11.7. The molecule has 0 unspecified atom stereocenters. The van der Waals surface area contributed by atoms with Gasteiger partial charge in [0.05, 0.1) is 0 Å². The van der Waals surface area contributed by atoms with Gasteiger partial charge in [-0.1, -0.05) is 20.4 Å². The molecule has 0 aromatic heterocycles. The van der Waals surface area contributed by atoms with E-state index in [1.165, 1.54) is 33.1 Å². The number of carbonyl (C=O) groups is 2. The summed E-state index contributed by atoms with van der Waals surface area (Å²) < 4.78 is 11.6. The van der Waals surface area contributed by atoms with Gasteiger partial charge >= 0.3 is 11.9 Å². The quantitative estimate of drug-likeness (QED) is 0.465. The third-order valence-electron chi connectivity index (χ3n) is 9.79. The van der Waals surface area contributed by atoms with E-state index < -0.39 is 5.60 Å². The molecule has 4 aliphatic rings. The lowest BCUT2D eigenvalue weighted by molar-refractivity contribution is -0.179. The third kappa shape index (κ3) is 3.08. The van der Waals surface area contributed by atoms with Crippen LogP contribution in [0.15, 0.2) is 12.7 Å². The van der Waals surface area contributed by atoms with Crippen molar-refractivity contribution in [2.24, 2.45) is 34.5 Å². The molecule has 29 heavy (non-hydrogen) atoms. The first-order valence-electron chi connectivity index (χ1n) is 11.7. The van der Waals surface area contributed by atoms with E-state index in [4.69, 9.17) is 9.47 Å². The Morgan fingerprint density at radius 1 is 0.931 bits per heavy atom. The topological polar surface area (TPSA) is 52.6 Å². The van der Waals surface area contributed by atoms with E-state index in [1.807, 2.05) is 6.08 Å². The summed E-state index contributed by atoms with van der Waals surface area (Å²) in [4.78, 5) is 23.3. The minimum atomic E-state index is -0.501. The lowest BCUT2D eigenvalue weighted by atomic mass is 9.44. The van der Waals surface area contributed by atoms with E-state index in [-0.39, 0.29) is 23.5 Å². The van der Waals surface area contributed by atoms with Crippen molar-refractivity contribution in [2.45, 2.75) is 97.2 Å². The van der Waals surface area contributed by atoms with E-state index in [0.29, 0.717) is 23.2 Å². The van der Waals surface area contributed by atoms with Crippen molar-refractivity contribution in [1.82, 2.24) is 0 Å². The molecule has 0 heterocycles. The van der Waals surface area contributed by atoms with Crippen molar-refractivity contribution in [1.29, 1.82) is 0 Å². The number of hydrogen-bond donors (Lipinski definition) is 0. The van der Waals surface area contributed by atoms with Crippen LogP contribution in [0.2, 0.25) is 0 Å². The van der Waals surface area contributed by atoms with Crippen molar-refractivity contribution in [3.8, 4) is 0 Å².